The molecule has 8 heteroatoms. The van der Waals surface area contributed by atoms with Gasteiger partial charge in [-0.2, -0.15) is 12.7 Å². The Morgan fingerprint density at radius 2 is 2.15 bits per heavy atom. The Labute approximate surface area is 119 Å². The van der Waals surface area contributed by atoms with Gasteiger partial charge in [0.1, 0.15) is 0 Å². The number of hydrogen-bond donors (Lipinski definition) is 2. The van der Waals surface area contributed by atoms with Crippen molar-refractivity contribution < 1.29 is 17.6 Å². The molecule has 2 N–H and O–H groups in total. The average Bonchev–Trinajstić information content (AvgIpc) is 2.94. The Morgan fingerprint density at radius 3 is 2.75 bits per heavy atom. The Kier molecular flexibility index (Phi) is 6.69. The third kappa shape index (κ3) is 5.32. The topological polar surface area (TPSA) is 91.7 Å². The number of nitrogens with one attached hydrogen (secondary N) is 2. The standard InChI is InChI=1S/C12H21N3O4S/c1-3-4-9-15(2)20(17,18)14-8-7-13-12(16)11-6-5-10-19-11/h5-6,10,14H,3-4,7-9H2,1-2H3,(H,13,16). The number of carbonyl (C=O) groups excluding carboxylic acids is 1. The molecule has 0 unspecified atom stereocenters. The van der Waals surface area contributed by atoms with Crippen LogP contribution in [0.25, 0.3) is 0 Å². The molecule has 0 fully saturated rings. The van der Waals surface area contributed by atoms with Crippen molar-refractivity contribution in [3.8, 4) is 0 Å². The minimum absolute atomic E-state index is 0.130. The predicted molar refractivity (Wildman–Crippen MR) is 75.5 cm³/mol. The molecule has 1 rings (SSSR count). The summed E-state index contributed by atoms with van der Waals surface area (Å²) in [5.41, 5.74) is 0. The maximum Gasteiger partial charge on any atom is 0.287 e. The number of amides is 1. The number of hydrogen-bond acceptors (Lipinski definition) is 4. The minimum atomic E-state index is -3.48. The molecule has 7 nitrogen and oxygen atoms in total. The van der Waals surface area contributed by atoms with E-state index in [0.717, 1.165) is 12.8 Å². The molecule has 0 aliphatic rings. The lowest BCUT2D eigenvalue weighted by Crippen LogP contribution is -2.42. The maximum atomic E-state index is 11.8. The Balaban J connectivity index is 2.28. The normalized spacial score (nSPS) is 11.8. The van der Waals surface area contributed by atoms with Crippen LogP contribution >= 0.6 is 0 Å². The van der Waals surface area contributed by atoms with E-state index in [-0.39, 0.29) is 24.8 Å². The van der Waals surface area contributed by atoms with Crippen LogP contribution in [0.2, 0.25) is 0 Å². The molecule has 0 bridgehead atoms. The maximum absolute atomic E-state index is 11.8. The highest BCUT2D eigenvalue weighted by atomic mass is 32.2. The van der Waals surface area contributed by atoms with Gasteiger partial charge >= 0.3 is 0 Å². The molecule has 0 saturated carbocycles. The van der Waals surface area contributed by atoms with Gasteiger partial charge < -0.3 is 9.73 Å². The summed E-state index contributed by atoms with van der Waals surface area (Å²) in [6.07, 6.45) is 3.14. The fourth-order valence-electron chi connectivity index (χ4n) is 1.46. The molecule has 0 atom stereocenters. The highest BCUT2D eigenvalue weighted by Gasteiger charge is 2.16. The van der Waals surface area contributed by atoms with E-state index in [9.17, 15) is 13.2 Å². The van der Waals surface area contributed by atoms with E-state index in [1.165, 1.54) is 23.7 Å². The summed E-state index contributed by atoms with van der Waals surface area (Å²) in [4.78, 5) is 11.5. The van der Waals surface area contributed by atoms with Crippen LogP contribution in [0.5, 0.6) is 0 Å². The highest BCUT2D eigenvalue weighted by Crippen LogP contribution is 1.99. The van der Waals surface area contributed by atoms with Gasteiger partial charge in [0.15, 0.2) is 5.76 Å². The fraction of sp³-hybridized carbons (Fsp3) is 0.583. The molecule has 20 heavy (non-hydrogen) atoms. The molecule has 0 radical (unpaired) electrons. The second kappa shape index (κ2) is 8.03. The summed E-state index contributed by atoms with van der Waals surface area (Å²) in [7, 11) is -1.95. The number of rotatable bonds is 9. The van der Waals surface area contributed by atoms with Gasteiger partial charge in [-0.1, -0.05) is 13.3 Å². The predicted octanol–water partition coefficient (Wildman–Crippen LogP) is 0.576. The van der Waals surface area contributed by atoms with Crippen LogP contribution in [-0.2, 0) is 10.2 Å². The number of nitrogens with zero attached hydrogens (tertiary/aromatic N) is 1. The molecule has 0 aromatic carbocycles. The summed E-state index contributed by atoms with van der Waals surface area (Å²) in [6, 6.07) is 3.15. The summed E-state index contributed by atoms with van der Waals surface area (Å²) < 4.78 is 32.2. The van der Waals surface area contributed by atoms with Gasteiger partial charge in [-0.25, -0.2) is 4.72 Å². The molecule has 0 spiro atoms. The van der Waals surface area contributed by atoms with Crippen molar-refractivity contribution in [1.29, 1.82) is 0 Å². The summed E-state index contributed by atoms with van der Waals surface area (Å²) in [5, 5.41) is 2.56. The third-order valence-corrected chi connectivity index (χ3v) is 4.25. The molecular formula is C12H21N3O4S. The van der Waals surface area contributed by atoms with Crippen LogP contribution in [0, 0.1) is 0 Å². The van der Waals surface area contributed by atoms with Crippen molar-refractivity contribution in [2.75, 3.05) is 26.7 Å². The summed E-state index contributed by atoms with van der Waals surface area (Å²) in [5.74, 6) is -0.165. The first-order chi connectivity index (χ1) is 9.47. The largest absolute Gasteiger partial charge is 0.459 e. The molecule has 0 aliphatic carbocycles. The van der Waals surface area contributed by atoms with E-state index >= 15 is 0 Å². The van der Waals surface area contributed by atoms with Gasteiger partial charge in [0.2, 0.25) is 0 Å². The van der Waals surface area contributed by atoms with E-state index in [2.05, 4.69) is 10.0 Å². The number of unbranched alkanes of at least 4 members (excludes halogenated alkanes) is 1. The second-order valence-corrected chi connectivity index (χ2v) is 6.17. The van der Waals surface area contributed by atoms with Crippen LogP contribution in [0.15, 0.2) is 22.8 Å². The third-order valence-electron chi connectivity index (χ3n) is 2.68. The fourth-order valence-corrected chi connectivity index (χ4v) is 2.41. The van der Waals surface area contributed by atoms with Gasteiger partial charge in [0, 0.05) is 26.7 Å². The quantitative estimate of drug-likeness (QED) is 0.653. The molecule has 1 heterocycles. The zero-order valence-corrected chi connectivity index (χ0v) is 12.6. The van der Waals surface area contributed by atoms with Crippen molar-refractivity contribution >= 4 is 16.1 Å². The second-order valence-electron chi connectivity index (χ2n) is 4.31. The highest BCUT2D eigenvalue weighted by molar-refractivity contribution is 7.87. The molecule has 1 amide bonds. The van der Waals surface area contributed by atoms with Gasteiger partial charge in [-0.05, 0) is 18.6 Å². The molecule has 0 aliphatic heterocycles. The lowest BCUT2D eigenvalue weighted by atomic mass is 10.3. The molecular weight excluding hydrogens is 282 g/mol. The van der Waals surface area contributed by atoms with Gasteiger partial charge in [0.05, 0.1) is 6.26 Å². The molecule has 1 aromatic heterocycles. The molecule has 114 valence electrons. The van der Waals surface area contributed by atoms with E-state index in [0.29, 0.717) is 6.54 Å². The Hall–Kier alpha value is -1.38. The minimum Gasteiger partial charge on any atom is -0.459 e. The zero-order valence-electron chi connectivity index (χ0n) is 11.8. The molecule has 1 aromatic rings. The van der Waals surface area contributed by atoms with Crippen molar-refractivity contribution in [3.63, 3.8) is 0 Å². The Bertz CT molecular complexity index is 499. The molecule has 0 saturated heterocycles. The van der Waals surface area contributed by atoms with Crippen LogP contribution in [0.1, 0.15) is 30.3 Å². The monoisotopic (exact) mass is 303 g/mol. The number of carbonyl (C=O) groups is 1. The summed E-state index contributed by atoms with van der Waals surface area (Å²) in [6.45, 7) is 2.80. The lowest BCUT2D eigenvalue weighted by molar-refractivity contribution is 0.0926. The van der Waals surface area contributed by atoms with Crippen LogP contribution in [-0.4, -0.2) is 45.3 Å². The van der Waals surface area contributed by atoms with Crippen molar-refractivity contribution in [3.05, 3.63) is 24.2 Å². The van der Waals surface area contributed by atoms with Crippen molar-refractivity contribution in [2.24, 2.45) is 0 Å². The SMILES string of the molecule is CCCCN(C)S(=O)(=O)NCCNC(=O)c1ccco1. The first-order valence-corrected chi connectivity index (χ1v) is 7.94. The average molecular weight is 303 g/mol. The lowest BCUT2D eigenvalue weighted by Gasteiger charge is -2.17. The zero-order chi connectivity index (χ0) is 15.0. The van der Waals surface area contributed by atoms with Gasteiger partial charge in [0.25, 0.3) is 16.1 Å². The van der Waals surface area contributed by atoms with Gasteiger partial charge in [-0.15, -0.1) is 0 Å². The Morgan fingerprint density at radius 1 is 1.40 bits per heavy atom. The van der Waals surface area contributed by atoms with Crippen LogP contribution in [0.3, 0.4) is 0 Å². The van der Waals surface area contributed by atoms with E-state index in [1.54, 1.807) is 6.07 Å². The first kappa shape index (κ1) is 16.7. The van der Waals surface area contributed by atoms with Gasteiger partial charge in [-0.3, -0.25) is 4.79 Å². The van der Waals surface area contributed by atoms with Crippen molar-refractivity contribution in [1.82, 2.24) is 14.3 Å². The van der Waals surface area contributed by atoms with Crippen LogP contribution in [0.4, 0.5) is 0 Å². The first-order valence-electron chi connectivity index (χ1n) is 6.50. The summed E-state index contributed by atoms with van der Waals surface area (Å²) >= 11 is 0. The smallest absolute Gasteiger partial charge is 0.287 e. The van der Waals surface area contributed by atoms with Crippen molar-refractivity contribution in [2.45, 2.75) is 19.8 Å². The number of furan rings is 1. The van der Waals surface area contributed by atoms with Crippen LogP contribution < -0.4 is 10.0 Å². The van der Waals surface area contributed by atoms with E-state index in [4.69, 9.17) is 4.42 Å². The van der Waals surface area contributed by atoms with E-state index < -0.39 is 10.2 Å². The van der Waals surface area contributed by atoms with E-state index in [1.807, 2.05) is 6.92 Å².